The fourth-order valence-electron chi connectivity index (χ4n) is 2.26. The lowest BCUT2D eigenvalue weighted by Crippen LogP contribution is -2.30. The van der Waals surface area contributed by atoms with E-state index in [2.05, 4.69) is 12.2 Å². The smallest absolute Gasteiger partial charge is 0.251 e. The number of carbonyl (C=O) groups excluding carboxylic acids is 1. The summed E-state index contributed by atoms with van der Waals surface area (Å²) >= 11 is 0. The Hall–Kier alpha value is -1.58. The molecule has 2 rings (SSSR count). The lowest BCUT2D eigenvalue weighted by Gasteiger charge is -2.15. The highest BCUT2D eigenvalue weighted by Gasteiger charge is 2.41. The van der Waals surface area contributed by atoms with E-state index >= 15 is 0 Å². The van der Waals surface area contributed by atoms with E-state index in [9.17, 15) is 9.18 Å². The van der Waals surface area contributed by atoms with Crippen molar-refractivity contribution in [2.24, 2.45) is 5.41 Å². The summed E-state index contributed by atoms with van der Waals surface area (Å²) in [4.78, 5) is 11.9. The highest BCUT2D eigenvalue weighted by Crippen LogP contribution is 2.48. The minimum absolute atomic E-state index is 0.0659. The maximum absolute atomic E-state index is 13.2. The third-order valence-corrected chi connectivity index (χ3v) is 3.62. The summed E-state index contributed by atoms with van der Waals surface area (Å²) < 4.78 is 13.2. The second-order valence-corrected chi connectivity index (χ2v) is 5.17. The molecule has 0 aromatic heterocycles. The summed E-state index contributed by atoms with van der Waals surface area (Å²) in [6.07, 6.45) is 4.63. The maximum Gasteiger partial charge on any atom is 0.251 e. The van der Waals surface area contributed by atoms with Crippen LogP contribution in [0.1, 0.15) is 43.0 Å². The summed E-state index contributed by atoms with van der Waals surface area (Å²) in [6, 6.07) is 4.15. The highest BCUT2D eigenvalue weighted by atomic mass is 19.1. The van der Waals surface area contributed by atoms with Gasteiger partial charge in [0, 0.05) is 12.1 Å². The number of nitrogen functional groups attached to an aromatic ring is 1. The van der Waals surface area contributed by atoms with Gasteiger partial charge < -0.3 is 11.1 Å². The standard InChI is InChI=1S/C14H19FN2O/c1-2-5-14(6-7-14)9-17-13(18)10-3-4-12(16)11(15)8-10/h3-4,8H,2,5-7,9,16H2,1H3,(H,17,18). The first-order valence-corrected chi connectivity index (χ1v) is 6.39. The number of nitrogens with two attached hydrogens (primary N) is 1. The van der Waals surface area contributed by atoms with Gasteiger partial charge in [0.05, 0.1) is 5.69 Å². The van der Waals surface area contributed by atoms with Gasteiger partial charge in [-0.1, -0.05) is 13.3 Å². The second kappa shape index (κ2) is 4.96. The van der Waals surface area contributed by atoms with E-state index in [0.29, 0.717) is 17.5 Å². The van der Waals surface area contributed by atoms with Crippen LogP contribution >= 0.6 is 0 Å². The number of carbonyl (C=O) groups is 1. The van der Waals surface area contributed by atoms with E-state index in [1.165, 1.54) is 25.0 Å². The van der Waals surface area contributed by atoms with Gasteiger partial charge in [-0.2, -0.15) is 0 Å². The second-order valence-electron chi connectivity index (χ2n) is 5.17. The number of rotatable bonds is 5. The first kappa shape index (κ1) is 12.9. The van der Waals surface area contributed by atoms with Crippen LogP contribution in [0.2, 0.25) is 0 Å². The summed E-state index contributed by atoms with van der Waals surface area (Å²) in [7, 11) is 0. The molecule has 1 aliphatic rings. The molecule has 0 spiro atoms. The molecule has 1 aromatic carbocycles. The summed E-state index contributed by atoms with van der Waals surface area (Å²) in [5, 5.41) is 2.89. The van der Waals surface area contributed by atoms with Gasteiger partial charge in [-0.3, -0.25) is 4.79 Å². The summed E-state index contributed by atoms with van der Waals surface area (Å²) in [6.45, 7) is 2.84. The van der Waals surface area contributed by atoms with Gasteiger partial charge in [0.25, 0.3) is 5.91 Å². The zero-order valence-electron chi connectivity index (χ0n) is 10.6. The van der Waals surface area contributed by atoms with E-state index < -0.39 is 5.82 Å². The average molecular weight is 250 g/mol. The van der Waals surface area contributed by atoms with Crippen LogP contribution in [0, 0.1) is 11.2 Å². The van der Waals surface area contributed by atoms with Crippen LogP contribution in [0.4, 0.5) is 10.1 Å². The van der Waals surface area contributed by atoms with Crippen molar-refractivity contribution in [2.75, 3.05) is 12.3 Å². The van der Waals surface area contributed by atoms with Gasteiger partial charge in [-0.05, 0) is 42.9 Å². The molecule has 1 aliphatic carbocycles. The quantitative estimate of drug-likeness (QED) is 0.789. The maximum atomic E-state index is 13.2. The number of benzene rings is 1. The van der Waals surface area contributed by atoms with Crippen LogP contribution in [0.15, 0.2) is 18.2 Å². The van der Waals surface area contributed by atoms with Gasteiger partial charge in [0.2, 0.25) is 0 Å². The van der Waals surface area contributed by atoms with E-state index in [-0.39, 0.29) is 11.6 Å². The van der Waals surface area contributed by atoms with Gasteiger partial charge >= 0.3 is 0 Å². The molecular formula is C14H19FN2O. The minimum Gasteiger partial charge on any atom is -0.396 e. The number of anilines is 1. The van der Waals surface area contributed by atoms with E-state index in [1.807, 2.05) is 0 Å². The van der Waals surface area contributed by atoms with Gasteiger partial charge in [0.15, 0.2) is 0 Å². The van der Waals surface area contributed by atoms with Crippen LogP contribution in [-0.2, 0) is 0 Å². The summed E-state index contributed by atoms with van der Waals surface area (Å²) in [5.41, 5.74) is 6.07. The first-order chi connectivity index (χ1) is 8.56. The SMILES string of the molecule is CCCC1(CNC(=O)c2ccc(N)c(F)c2)CC1. The van der Waals surface area contributed by atoms with Crippen LogP contribution in [-0.4, -0.2) is 12.5 Å². The van der Waals surface area contributed by atoms with Crippen LogP contribution < -0.4 is 11.1 Å². The third-order valence-electron chi connectivity index (χ3n) is 3.62. The van der Waals surface area contributed by atoms with Crippen molar-refractivity contribution in [3.63, 3.8) is 0 Å². The van der Waals surface area contributed by atoms with Crippen LogP contribution in [0.5, 0.6) is 0 Å². The van der Waals surface area contributed by atoms with Crippen molar-refractivity contribution in [1.29, 1.82) is 0 Å². The Morgan fingerprint density at radius 3 is 2.78 bits per heavy atom. The third kappa shape index (κ3) is 2.81. The fraction of sp³-hybridized carbons (Fsp3) is 0.500. The molecule has 0 heterocycles. The van der Waals surface area contributed by atoms with Crippen LogP contribution in [0.3, 0.4) is 0 Å². The first-order valence-electron chi connectivity index (χ1n) is 6.39. The van der Waals surface area contributed by atoms with Crippen molar-refractivity contribution in [1.82, 2.24) is 5.32 Å². The molecule has 3 N–H and O–H groups in total. The molecule has 1 fully saturated rings. The lowest BCUT2D eigenvalue weighted by atomic mass is 10.0. The topological polar surface area (TPSA) is 55.1 Å². The fourth-order valence-corrected chi connectivity index (χ4v) is 2.26. The molecule has 0 bridgehead atoms. The highest BCUT2D eigenvalue weighted by molar-refractivity contribution is 5.94. The molecule has 18 heavy (non-hydrogen) atoms. The Labute approximate surface area is 107 Å². The number of hydrogen-bond donors (Lipinski definition) is 2. The van der Waals surface area contributed by atoms with E-state index in [4.69, 9.17) is 5.73 Å². The van der Waals surface area contributed by atoms with Crippen molar-refractivity contribution in [3.8, 4) is 0 Å². The Bertz CT molecular complexity index is 455. The lowest BCUT2D eigenvalue weighted by molar-refractivity contribution is 0.0943. The zero-order chi connectivity index (χ0) is 13.2. The van der Waals surface area contributed by atoms with Crippen molar-refractivity contribution >= 4 is 11.6 Å². The molecule has 3 nitrogen and oxygen atoms in total. The van der Waals surface area contributed by atoms with Crippen molar-refractivity contribution in [3.05, 3.63) is 29.6 Å². The Kier molecular flexibility index (Phi) is 3.55. The zero-order valence-corrected chi connectivity index (χ0v) is 10.6. The molecular weight excluding hydrogens is 231 g/mol. The predicted octanol–water partition coefficient (Wildman–Crippen LogP) is 2.72. The number of hydrogen-bond acceptors (Lipinski definition) is 2. The van der Waals surface area contributed by atoms with E-state index in [1.54, 1.807) is 6.07 Å². The van der Waals surface area contributed by atoms with Crippen LogP contribution in [0.25, 0.3) is 0 Å². The monoisotopic (exact) mass is 250 g/mol. The Morgan fingerprint density at radius 1 is 1.50 bits per heavy atom. The largest absolute Gasteiger partial charge is 0.396 e. The number of halogens is 1. The van der Waals surface area contributed by atoms with Gasteiger partial charge in [-0.25, -0.2) is 4.39 Å². The van der Waals surface area contributed by atoms with E-state index in [0.717, 1.165) is 12.8 Å². The molecule has 0 radical (unpaired) electrons. The van der Waals surface area contributed by atoms with Crippen molar-refractivity contribution < 1.29 is 9.18 Å². The predicted molar refractivity (Wildman–Crippen MR) is 69.7 cm³/mol. The molecule has 1 saturated carbocycles. The Morgan fingerprint density at radius 2 is 2.22 bits per heavy atom. The molecule has 0 atom stereocenters. The molecule has 98 valence electrons. The normalized spacial score (nSPS) is 16.3. The molecule has 0 unspecified atom stereocenters. The molecule has 0 saturated heterocycles. The summed E-state index contributed by atoms with van der Waals surface area (Å²) in [5.74, 6) is -0.770. The Balaban J connectivity index is 1.93. The molecule has 1 amide bonds. The van der Waals surface area contributed by atoms with Gasteiger partial charge in [-0.15, -0.1) is 0 Å². The minimum atomic E-state index is -0.544. The van der Waals surface area contributed by atoms with Gasteiger partial charge in [0.1, 0.15) is 5.82 Å². The molecule has 1 aromatic rings. The molecule has 0 aliphatic heterocycles. The number of amides is 1. The number of nitrogens with one attached hydrogen (secondary N) is 1. The van der Waals surface area contributed by atoms with Crippen molar-refractivity contribution in [2.45, 2.75) is 32.6 Å². The molecule has 4 heteroatoms. The average Bonchev–Trinajstić information content (AvgIpc) is 3.11.